The Bertz CT molecular complexity index is 1110. The number of nitrogens with zero attached hydrogens (tertiary/aromatic N) is 4. The van der Waals surface area contributed by atoms with E-state index in [1.54, 1.807) is 4.90 Å². The summed E-state index contributed by atoms with van der Waals surface area (Å²) in [5, 5.41) is 2.38. The fourth-order valence-electron chi connectivity index (χ4n) is 6.29. The highest BCUT2D eigenvalue weighted by molar-refractivity contribution is 6.42. The second-order valence-electron chi connectivity index (χ2n) is 11.2. The van der Waals surface area contributed by atoms with E-state index in [4.69, 9.17) is 46.4 Å². The van der Waals surface area contributed by atoms with E-state index in [0.29, 0.717) is 20.1 Å². The number of carbonyl (C=O) groups is 1. The van der Waals surface area contributed by atoms with Gasteiger partial charge < -0.3 is 14.7 Å². The van der Waals surface area contributed by atoms with E-state index in [9.17, 15) is 4.79 Å². The van der Waals surface area contributed by atoms with Crippen LogP contribution in [0.2, 0.25) is 20.1 Å². The zero-order valence-electron chi connectivity index (χ0n) is 23.2. The molecular weight excluding hydrogens is 574 g/mol. The van der Waals surface area contributed by atoms with Crippen molar-refractivity contribution in [3.8, 4) is 0 Å². The zero-order chi connectivity index (χ0) is 28.2. The number of rotatable bonds is 9. The molecule has 2 aromatic carbocycles. The van der Waals surface area contributed by atoms with Crippen molar-refractivity contribution < 1.29 is 4.79 Å². The number of anilines is 1. The molecular formula is C30H40Cl4N4O. The molecule has 214 valence electrons. The Balaban J connectivity index is 1.47. The van der Waals surface area contributed by atoms with Gasteiger partial charge in [0.05, 0.1) is 25.8 Å². The number of piperidine rings is 2. The van der Waals surface area contributed by atoms with Crippen molar-refractivity contribution in [2.45, 2.75) is 50.0 Å². The lowest BCUT2D eigenvalue weighted by Crippen LogP contribution is -2.64. The van der Waals surface area contributed by atoms with Gasteiger partial charge in [0.2, 0.25) is 5.91 Å². The summed E-state index contributed by atoms with van der Waals surface area (Å²) in [6, 6.07) is 11.5. The number of benzene rings is 2. The lowest BCUT2D eigenvalue weighted by Gasteiger charge is -2.50. The summed E-state index contributed by atoms with van der Waals surface area (Å²) in [4.78, 5) is 22.4. The summed E-state index contributed by atoms with van der Waals surface area (Å²) in [6.07, 6.45) is 6.30. The van der Waals surface area contributed by atoms with Crippen molar-refractivity contribution in [1.29, 1.82) is 0 Å². The first-order valence-electron chi connectivity index (χ1n) is 13.9. The van der Waals surface area contributed by atoms with Crippen molar-refractivity contribution in [1.82, 2.24) is 14.7 Å². The average molecular weight is 614 g/mol. The molecule has 5 nitrogen and oxygen atoms in total. The first-order valence-corrected chi connectivity index (χ1v) is 15.4. The summed E-state index contributed by atoms with van der Waals surface area (Å²) in [7, 11) is 5.81. The van der Waals surface area contributed by atoms with E-state index in [0.717, 1.165) is 69.8 Å². The third-order valence-corrected chi connectivity index (χ3v) is 9.82. The molecule has 9 heteroatoms. The van der Waals surface area contributed by atoms with E-state index in [1.807, 2.05) is 51.5 Å². The van der Waals surface area contributed by atoms with Gasteiger partial charge in [0.25, 0.3) is 0 Å². The number of hydrogen-bond donors (Lipinski definition) is 0. The van der Waals surface area contributed by atoms with E-state index in [-0.39, 0.29) is 17.4 Å². The third kappa shape index (κ3) is 7.17. The summed E-state index contributed by atoms with van der Waals surface area (Å²) in [5.74, 6) is 0.449. The molecule has 0 aliphatic carbocycles. The maximum Gasteiger partial charge on any atom is 0.242 e. The largest absolute Gasteiger partial charge is 0.372 e. The number of hydrogen-bond acceptors (Lipinski definition) is 4. The van der Waals surface area contributed by atoms with Crippen LogP contribution in [0.1, 0.15) is 50.0 Å². The van der Waals surface area contributed by atoms with E-state index >= 15 is 0 Å². The maximum atomic E-state index is 13.5. The van der Waals surface area contributed by atoms with Crippen LogP contribution >= 0.6 is 46.4 Å². The van der Waals surface area contributed by atoms with Crippen molar-refractivity contribution >= 4 is 58.0 Å². The minimum atomic E-state index is -0.370. The van der Waals surface area contributed by atoms with Gasteiger partial charge in [-0.15, -0.1) is 0 Å². The molecule has 2 fully saturated rings. The van der Waals surface area contributed by atoms with Crippen molar-refractivity contribution in [2.24, 2.45) is 0 Å². The predicted molar refractivity (Wildman–Crippen MR) is 166 cm³/mol. The number of likely N-dealkylation sites (N-methyl/N-ethyl adjacent to an activating group) is 2. The Morgan fingerprint density at radius 3 is 2.10 bits per heavy atom. The van der Waals surface area contributed by atoms with Crippen LogP contribution < -0.4 is 4.90 Å². The van der Waals surface area contributed by atoms with Crippen LogP contribution in [0.15, 0.2) is 36.4 Å². The number of para-hydroxylation sites is 1. The van der Waals surface area contributed by atoms with Gasteiger partial charge in [-0.3, -0.25) is 9.69 Å². The van der Waals surface area contributed by atoms with Crippen LogP contribution in [-0.4, -0.2) is 86.6 Å². The summed E-state index contributed by atoms with van der Waals surface area (Å²) in [6.45, 7) is 5.53. The van der Waals surface area contributed by atoms with Crippen molar-refractivity contribution in [2.75, 3.05) is 65.3 Å². The summed E-state index contributed by atoms with van der Waals surface area (Å²) in [5.41, 5.74) is 1.60. The molecule has 2 aliphatic heterocycles. The Hall–Kier alpha value is -1.21. The summed E-state index contributed by atoms with van der Waals surface area (Å²) >= 11 is 25.7. The molecule has 2 aliphatic rings. The molecule has 2 aromatic rings. The van der Waals surface area contributed by atoms with Crippen LogP contribution in [0.25, 0.3) is 0 Å². The molecule has 0 saturated carbocycles. The molecule has 39 heavy (non-hydrogen) atoms. The Morgan fingerprint density at radius 2 is 1.51 bits per heavy atom. The molecule has 4 rings (SSSR count). The second-order valence-corrected chi connectivity index (χ2v) is 12.9. The van der Waals surface area contributed by atoms with E-state index < -0.39 is 0 Å². The van der Waals surface area contributed by atoms with Gasteiger partial charge in [-0.2, -0.15) is 0 Å². The lowest BCUT2D eigenvalue weighted by molar-refractivity contribution is -0.147. The molecule has 1 unspecified atom stereocenters. The lowest BCUT2D eigenvalue weighted by atomic mass is 9.82. The highest BCUT2D eigenvalue weighted by atomic mass is 35.5. The number of likely N-dealkylation sites (tertiary alicyclic amines) is 2. The Morgan fingerprint density at radius 1 is 0.872 bits per heavy atom. The highest BCUT2D eigenvalue weighted by Gasteiger charge is 2.47. The molecule has 0 N–H and O–H groups in total. The maximum absolute atomic E-state index is 13.5. The van der Waals surface area contributed by atoms with Gasteiger partial charge in [0.1, 0.15) is 5.54 Å². The number of halogens is 4. The first-order chi connectivity index (χ1) is 18.6. The minimum Gasteiger partial charge on any atom is -0.372 e. The standard InChI is InChI=1S/C30H40Cl4N4O/c1-35(2)29(39)30(38-15-5-4-6-16-38)13-18-37(19-14-30)17-12-23(22-10-11-24(31)27(34)20-22)21-36(3)28-25(32)8-7-9-26(28)33/h7-11,20,23H,4-6,12-19,21H2,1-3H3. The second kappa shape index (κ2) is 13.6. The summed E-state index contributed by atoms with van der Waals surface area (Å²) < 4.78 is 0. The van der Waals surface area contributed by atoms with Crippen LogP contribution in [0.5, 0.6) is 0 Å². The fraction of sp³-hybridized carbons (Fsp3) is 0.567. The smallest absolute Gasteiger partial charge is 0.242 e. The minimum absolute atomic E-state index is 0.189. The molecule has 2 heterocycles. The van der Waals surface area contributed by atoms with Crippen molar-refractivity contribution in [3.05, 3.63) is 62.1 Å². The molecule has 0 aromatic heterocycles. The zero-order valence-corrected chi connectivity index (χ0v) is 26.3. The van der Waals surface area contributed by atoms with Crippen LogP contribution in [0, 0.1) is 0 Å². The van der Waals surface area contributed by atoms with Crippen LogP contribution in [-0.2, 0) is 4.79 Å². The SMILES string of the molecule is CN(C)C(=O)C1(N2CCCCC2)CCN(CCC(CN(C)c2c(Cl)cccc2Cl)c2ccc(Cl)c(Cl)c2)CC1. The van der Waals surface area contributed by atoms with Gasteiger partial charge in [-0.25, -0.2) is 0 Å². The Labute approximate surface area is 253 Å². The van der Waals surface area contributed by atoms with Gasteiger partial charge in [0, 0.05) is 46.7 Å². The van der Waals surface area contributed by atoms with Gasteiger partial charge in [-0.05, 0) is 81.6 Å². The average Bonchev–Trinajstić information content (AvgIpc) is 2.93. The fourth-order valence-corrected chi connectivity index (χ4v) is 7.29. The molecule has 1 atom stereocenters. The van der Waals surface area contributed by atoms with Gasteiger partial charge >= 0.3 is 0 Å². The van der Waals surface area contributed by atoms with Crippen LogP contribution in [0.4, 0.5) is 5.69 Å². The normalized spacial score (nSPS) is 19.1. The quantitative estimate of drug-likeness (QED) is 0.296. The Kier molecular flexibility index (Phi) is 10.7. The van der Waals surface area contributed by atoms with Crippen molar-refractivity contribution in [3.63, 3.8) is 0 Å². The topological polar surface area (TPSA) is 30.0 Å². The predicted octanol–water partition coefficient (Wildman–Crippen LogP) is 7.32. The first kappa shape index (κ1) is 30.7. The highest BCUT2D eigenvalue weighted by Crippen LogP contribution is 2.37. The molecule has 2 saturated heterocycles. The van der Waals surface area contributed by atoms with Gasteiger partial charge in [0.15, 0.2) is 0 Å². The van der Waals surface area contributed by atoms with E-state index in [1.165, 1.54) is 19.3 Å². The number of carbonyl (C=O) groups excluding carboxylic acids is 1. The van der Waals surface area contributed by atoms with E-state index in [2.05, 4.69) is 20.8 Å². The molecule has 0 radical (unpaired) electrons. The molecule has 1 amide bonds. The monoisotopic (exact) mass is 612 g/mol. The van der Waals surface area contributed by atoms with Gasteiger partial charge in [-0.1, -0.05) is 65.0 Å². The third-order valence-electron chi connectivity index (χ3n) is 8.47. The molecule has 0 spiro atoms. The number of amides is 1. The molecule has 0 bridgehead atoms. The van der Waals surface area contributed by atoms with Crippen LogP contribution in [0.3, 0.4) is 0 Å².